The summed E-state index contributed by atoms with van der Waals surface area (Å²) < 4.78 is 15.1. The SMILES string of the molecule is Cc1ccc(N(C(=O)Nc2ccc(F)cc2)[C@@H](C)c2nc3ccccc3c(=O)n2N2CCNCC2)c(C)c1. The molecule has 1 aliphatic heterocycles. The van der Waals surface area contributed by atoms with Crippen LogP contribution in [0.4, 0.5) is 20.6 Å². The van der Waals surface area contributed by atoms with E-state index in [1.165, 1.54) is 24.3 Å². The van der Waals surface area contributed by atoms with Crippen molar-refractivity contribution in [3.63, 3.8) is 0 Å². The first-order valence-electron chi connectivity index (χ1n) is 12.7. The number of urea groups is 1. The van der Waals surface area contributed by atoms with Gasteiger partial charge in [0.25, 0.3) is 5.56 Å². The minimum absolute atomic E-state index is 0.168. The second-order valence-electron chi connectivity index (χ2n) is 9.58. The van der Waals surface area contributed by atoms with Crippen molar-refractivity contribution in [1.29, 1.82) is 0 Å². The summed E-state index contributed by atoms with van der Waals surface area (Å²) in [4.78, 5) is 34.2. The van der Waals surface area contributed by atoms with Gasteiger partial charge in [-0.15, -0.1) is 0 Å². The Morgan fingerprint density at radius 3 is 2.47 bits per heavy atom. The van der Waals surface area contributed by atoms with Crippen LogP contribution in [-0.4, -0.2) is 41.9 Å². The van der Waals surface area contributed by atoms with Crippen LogP contribution in [0.15, 0.2) is 71.5 Å². The fraction of sp³-hybridized carbons (Fsp3) is 0.276. The predicted octanol–water partition coefficient (Wildman–Crippen LogP) is 4.49. The molecule has 2 heterocycles. The summed E-state index contributed by atoms with van der Waals surface area (Å²) >= 11 is 0. The number of para-hydroxylation sites is 1. The summed E-state index contributed by atoms with van der Waals surface area (Å²) in [6.45, 7) is 8.55. The van der Waals surface area contributed by atoms with Crippen molar-refractivity contribution >= 4 is 28.3 Å². The van der Waals surface area contributed by atoms with Gasteiger partial charge in [0.1, 0.15) is 5.82 Å². The maximum absolute atomic E-state index is 13.9. The van der Waals surface area contributed by atoms with Crippen molar-refractivity contribution in [2.75, 3.05) is 41.4 Å². The van der Waals surface area contributed by atoms with Gasteiger partial charge in [-0.2, -0.15) is 0 Å². The fourth-order valence-electron chi connectivity index (χ4n) is 4.94. The highest BCUT2D eigenvalue weighted by molar-refractivity contribution is 6.02. The molecule has 38 heavy (non-hydrogen) atoms. The van der Waals surface area contributed by atoms with E-state index in [-0.39, 0.29) is 11.4 Å². The molecule has 0 unspecified atom stereocenters. The zero-order valence-electron chi connectivity index (χ0n) is 21.7. The van der Waals surface area contributed by atoms with E-state index in [4.69, 9.17) is 4.98 Å². The Kier molecular flexibility index (Phi) is 7.11. The minimum Gasteiger partial charge on any atom is -0.313 e. The molecule has 2 amide bonds. The van der Waals surface area contributed by atoms with Gasteiger partial charge in [-0.05, 0) is 68.8 Å². The molecule has 1 fully saturated rings. The summed E-state index contributed by atoms with van der Waals surface area (Å²) in [7, 11) is 0. The molecular weight excluding hydrogens is 483 g/mol. The van der Waals surface area contributed by atoms with Gasteiger partial charge >= 0.3 is 6.03 Å². The number of halogens is 1. The third kappa shape index (κ3) is 4.97. The third-order valence-electron chi connectivity index (χ3n) is 6.84. The Bertz CT molecular complexity index is 1530. The van der Waals surface area contributed by atoms with E-state index in [1.54, 1.807) is 15.6 Å². The number of aromatic nitrogens is 2. The topological polar surface area (TPSA) is 82.5 Å². The molecule has 0 bridgehead atoms. The first kappa shape index (κ1) is 25.4. The molecule has 5 rings (SSSR count). The van der Waals surface area contributed by atoms with Gasteiger partial charge in [0.2, 0.25) is 0 Å². The van der Waals surface area contributed by atoms with E-state index in [9.17, 15) is 14.0 Å². The lowest BCUT2D eigenvalue weighted by Gasteiger charge is -2.36. The van der Waals surface area contributed by atoms with Gasteiger partial charge in [-0.25, -0.2) is 18.8 Å². The summed E-state index contributed by atoms with van der Waals surface area (Å²) in [6, 6.07) is 17.7. The predicted molar refractivity (Wildman–Crippen MR) is 149 cm³/mol. The zero-order valence-corrected chi connectivity index (χ0v) is 21.7. The van der Waals surface area contributed by atoms with E-state index >= 15 is 0 Å². The molecule has 196 valence electrons. The largest absolute Gasteiger partial charge is 0.327 e. The molecule has 8 nitrogen and oxygen atoms in total. The first-order chi connectivity index (χ1) is 18.3. The number of piperazine rings is 1. The highest BCUT2D eigenvalue weighted by atomic mass is 19.1. The average molecular weight is 515 g/mol. The summed E-state index contributed by atoms with van der Waals surface area (Å²) in [5.74, 6) is 0.0767. The van der Waals surface area contributed by atoms with E-state index in [0.717, 1.165) is 24.2 Å². The molecule has 9 heteroatoms. The maximum atomic E-state index is 13.9. The molecule has 0 radical (unpaired) electrons. The lowest BCUT2D eigenvalue weighted by Crippen LogP contribution is -2.55. The van der Waals surface area contributed by atoms with Gasteiger partial charge in [-0.3, -0.25) is 9.69 Å². The van der Waals surface area contributed by atoms with Crippen LogP contribution in [0.3, 0.4) is 0 Å². The van der Waals surface area contributed by atoms with Crippen molar-refractivity contribution < 1.29 is 9.18 Å². The second kappa shape index (κ2) is 10.6. The van der Waals surface area contributed by atoms with E-state index in [1.807, 2.05) is 62.2 Å². The van der Waals surface area contributed by atoms with E-state index in [2.05, 4.69) is 10.6 Å². The van der Waals surface area contributed by atoms with Crippen molar-refractivity contribution in [2.24, 2.45) is 0 Å². The Labute approximate surface area is 220 Å². The van der Waals surface area contributed by atoms with Crippen LogP contribution >= 0.6 is 0 Å². The van der Waals surface area contributed by atoms with Crippen LogP contribution in [-0.2, 0) is 0 Å². The Balaban J connectivity index is 1.66. The standard InChI is InChI=1S/C29H31FN6O2/c1-19-8-13-26(20(2)18-19)35(29(38)32-23-11-9-22(30)10-12-23)21(3)27-33-25-7-5-4-6-24(25)28(37)36(27)34-16-14-31-15-17-34/h4-13,18,21,31H,14-17H2,1-3H3,(H,32,38)/t21-/m0/s1. The molecule has 0 spiro atoms. The number of hydrogen-bond acceptors (Lipinski definition) is 5. The van der Waals surface area contributed by atoms with Crippen LogP contribution in [0.2, 0.25) is 0 Å². The maximum Gasteiger partial charge on any atom is 0.327 e. The van der Waals surface area contributed by atoms with E-state index < -0.39 is 12.1 Å². The number of nitrogens with one attached hydrogen (secondary N) is 2. The number of fused-ring (bicyclic) bond motifs is 1. The van der Waals surface area contributed by atoms with E-state index in [0.29, 0.717) is 41.2 Å². The first-order valence-corrected chi connectivity index (χ1v) is 12.7. The van der Waals surface area contributed by atoms with Gasteiger partial charge < -0.3 is 15.6 Å². The van der Waals surface area contributed by atoms with Gasteiger partial charge in [0.15, 0.2) is 5.82 Å². The molecule has 2 N–H and O–H groups in total. The quantitative estimate of drug-likeness (QED) is 0.410. The molecule has 4 aromatic rings. The lowest BCUT2D eigenvalue weighted by molar-refractivity contribution is 0.254. The molecular formula is C29H31FN6O2. The smallest absolute Gasteiger partial charge is 0.313 e. The van der Waals surface area contributed by atoms with Crippen LogP contribution in [0.1, 0.15) is 29.9 Å². The van der Waals surface area contributed by atoms with Crippen molar-refractivity contribution in [2.45, 2.75) is 26.8 Å². The normalized spacial score (nSPS) is 14.4. The third-order valence-corrected chi connectivity index (χ3v) is 6.84. The monoisotopic (exact) mass is 514 g/mol. The summed E-state index contributed by atoms with van der Waals surface area (Å²) in [5.41, 5.74) is 3.53. The number of nitrogens with zero attached hydrogens (tertiary/aromatic N) is 4. The lowest BCUT2D eigenvalue weighted by atomic mass is 10.1. The molecule has 1 saturated heterocycles. The minimum atomic E-state index is -0.621. The van der Waals surface area contributed by atoms with Gasteiger partial charge in [0, 0.05) is 37.6 Å². The van der Waals surface area contributed by atoms with Crippen LogP contribution in [0.25, 0.3) is 10.9 Å². The molecule has 0 aliphatic carbocycles. The number of amides is 2. The van der Waals surface area contributed by atoms with Crippen LogP contribution < -0.4 is 26.1 Å². The fourth-order valence-corrected chi connectivity index (χ4v) is 4.94. The molecule has 3 aromatic carbocycles. The Morgan fingerprint density at radius 1 is 1.05 bits per heavy atom. The Hall–Kier alpha value is -4.24. The highest BCUT2D eigenvalue weighted by Crippen LogP contribution is 2.31. The summed E-state index contributed by atoms with van der Waals surface area (Å²) in [6.07, 6.45) is 0. The molecule has 0 saturated carbocycles. The van der Waals surface area contributed by atoms with Crippen LogP contribution in [0, 0.1) is 19.7 Å². The zero-order chi connectivity index (χ0) is 26.8. The number of anilines is 2. The average Bonchev–Trinajstić information content (AvgIpc) is 2.91. The van der Waals surface area contributed by atoms with Crippen molar-refractivity contribution in [3.8, 4) is 0 Å². The molecule has 1 aromatic heterocycles. The van der Waals surface area contributed by atoms with Gasteiger partial charge in [-0.1, -0.05) is 29.8 Å². The molecule has 1 atom stereocenters. The highest BCUT2D eigenvalue weighted by Gasteiger charge is 2.31. The van der Waals surface area contributed by atoms with Crippen LogP contribution in [0.5, 0.6) is 0 Å². The van der Waals surface area contributed by atoms with Gasteiger partial charge in [0.05, 0.1) is 16.9 Å². The Morgan fingerprint density at radius 2 is 1.76 bits per heavy atom. The molecule has 1 aliphatic rings. The number of carbonyl (C=O) groups excluding carboxylic acids is 1. The number of aryl methyl sites for hydroxylation is 2. The second-order valence-corrected chi connectivity index (χ2v) is 9.58. The number of carbonyl (C=O) groups is 1. The number of benzene rings is 3. The summed E-state index contributed by atoms with van der Waals surface area (Å²) in [5, 5.41) is 8.73. The van der Waals surface area contributed by atoms with Crippen molar-refractivity contribution in [3.05, 3.63) is 99.9 Å². The van der Waals surface area contributed by atoms with Crippen molar-refractivity contribution in [1.82, 2.24) is 15.0 Å². The number of hydrogen-bond donors (Lipinski definition) is 2. The number of rotatable bonds is 5.